The zero-order valence-electron chi connectivity index (χ0n) is 12.1. The fraction of sp³-hybridized carbons (Fsp3) is 0.267. The van der Waals surface area contributed by atoms with Gasteiger partial charge in [-0.15, -0.1) is 0 Å². The Morgan fingerprint density at radius 3 is 2.68 bits per heavy atom. The Morgan fingerprint density at radius 1 is 1.09 bits per heavy atom. The fourth-order valence-electron chi connectivity index (χ4n) is 2.69. The van der Waals surface area contributed by atoms with Crippen LogP contribution in [0.1, 0.15) is 0 Å². The summed E-state index contributed by atoms with van der Waals surface area (Å²) >= 11 is 0. The third-order valence-electron chi connectivity index (χ3n) is 3.73. The Bertz CT molecular complexity index is 716. The molecule has 0 unspecified atom stereocenters. The van der Waals surface area contributed by atoms with Crippen LogP contribution in [-0.2, 0) is 0 Å². The molecule has 1 saturated heterocycles. The van der Waals surface area contributed by atoms with Gasteiger partial charge in [-0.2, -0.15) is 4.98 Å². The van der Waals surface area contributed by atoms with Crippen LogP contribution in [0.25, 0.3) is 11.2 Å². The molecule has 0 bridgehead atoms. The normalized spacial score (nSPS) is 16.0. The quantitative estimate of drug-likeness (QED) is 0.759. The van der Waals surface area contributed by atoms with Gasteiger partial charge in [0.05, 0.1) is 11.9 Å². The van der Waals surface area contributed by atoms with E-state index in [1.54, 1.807) is 6.20 Å². The van der Waals surface area contributed by atoms with Crippen LogP contribution < -0.4 is 10.3 Å². The van der Waals surface area contributed by atoms with Crippen LogP contribution in [0.3, 0.4) is 0 Å². The van der Waals surface area contributed by atoms with Crippen molar-refractivity contribution >= 4 is 22.8 Å². The molecular weight excluding hydrogens is 278 g/mol. The highest BCUT2D eigenvalue weighted by atomic mass is 15.7. The van der Waals surface area contributed by atoms with E-state index in [4.69, 9.17) is 0 Å². The molecule has 0 radical (unpaired) electrons. The predicted molar refractivity (Wildman–Crippen MR) is 84.7 cm³/mol. The van der Waals surface area contributed by atoms with Crippen LogP contribution in [0, 0.1) is 0 Å². The first-order valence-corrected chi connectivity index (χ1v) is 7.38. The maximum Gasteiger partial charge on any atom is 0.225 e. The number of aromatic amines is 1. The monoisotopic (exact) mass is 295 g/mol. The van der Waals surface area contributed by atoms with E-state index in [1.807, 2.05) is 18.2 Å². The lowest BCUT2D eigenvalue weighted by molar-refractivity contribution is 0.241. The largest absolute Gasteiger partial charge is 0.320 e. The number of rotatable bonds is 3. The van der Waals surface area contributed by atoms with E-state index in [9.17, 15) is 0 Å². The highest BCUT2D eigenvalue weighted by Gasteiger charge is 2.23. The van der Waals surface area contributed by atoms with Gasteiger partial charge in [0, 0.05) is 26.2 Å². The number of nitrogens with one attached hydrogen (secondary N) is 2. The molecule has 1 aromatic carbocycles. The zero-order valence-corrected chi connectivity index (χ0v) is 12.1. The maximum atomic E-state index is 4.62. The Morgan fingerprint density at radius 2 is 1.91 bits per heavy atom. The van der Waals surface area contributed by atoms with Gasteiger partial charge in [-0.1, -0.05) is 18.2 Å². The highest BCUT2D eigenvalue weighted by Crippen LogP contribution is 2.26. The van der Waals surface area contributed by atoms with Gasteiger partial charge in [-0.3, -0.25) is 0 Å². The second-order valence-corrected chi connectivity index (χ2v) is 5.17. The van der Waals surface area contributed by atoms with Crippen molar-refractivity contribution in [1.29, 1.82) is 0 Å². The number of hydrogen-bond acceptors (Lipinski definition) is 6. The van der Waals surface area contributed by atoms with Gasteiger partial charge in [-0.05, 0) is 12.1 Å². The smallest absolute Gasteiger partial charge is 0.225 e. The number of piperazine rings is 1. The van der Waals surface area contributed by atoms with E-state index in [2.05, 4.69) is 47.4 Å². The van der Waals surface area contributed by atoms with Gasteiger partial charge < -0.3 is 10.3 Å². The number of anilines is 2. The number of aromatic nitrogens is 4. The Hall–Kier alpha value is -2.51. The maximum absolute atomic E-state index is 4.62. The minimum atomic E-state index is 0.682. The van der Waals surface area contributed by atoms with Crippen LogP contribution in [0.4, 0.5) is 11.6 Å². The first-order chi connectivity index (χ1) is 10.9. The second kappa shape index (κ2) is 5.70. The molecule has 1 fully saturated rings. The van der Waals surface area contributed by atoms with Crippen molar-refractivity contribution < 1.29 is 0 Å². The first-order valence-electron chi connectivity index (χ1n) is 7.38. The van der Waals surface area contributed by atoms with Crippen LogP contribution in [0.2, 0.25) is 0 Å². The van der Waals surface area contributed by atoms with Crippen molar-refractivity contribution in [3.05, 3.63) is 42.9 Å². The van der Waals surface area contributed by atoms with Gasteiger partial charge in [-0.25, -0.2) is 20.0 Å². The minimum Gasteiger partial charge on any atom is -0.320 e. The van der Waals surface area contributed by atoms with E-state index in [0.29, 0.717) is 5.65 Å². The number of nitrogens with zero attached hydrogens (tertiary/aromatic N) is 5. The number of imidazole rings is 1. The molecule has 0 amide bonds. The summed E-state index contributed by atoms with van der Waals surface area (Å²) in [7, 11) is 0. The standard InChI is InChI=1S/C15H17N7/c1-2-4-12(5-3-1)22(21-8-6-16-7-9-21)15-19-13-10-17-11-18-14(13)20-15/h1-5,10-11,16H,6-9H2,(H,17,18,19,20). The van der Waals surface area contributed by atoms with Crippen LogP contribution in [-0.4, -0.2) is 51.1 Å². The molecule has 3 heterocycles. The number of para-hydroxylation sites is 1. The zero-order chi connectivity index (χ0) is 14.8. The molecule has 7 nitrogen and oxygen atoms in total. The number of fused-ring (bicyclic) bond motifs is 1. The van der Waals surface area contributed by atoms with E-state index in [-0.39, 0.29) is 0 Å². The summed E-state index contributed by atoms with van der Waals surface area (Å²) in [6.07, 6.45) is 3.27. The Balaban J connectivity index is 1.78. The SMILES string of the molecule is c1ccc(N(c2nc3ncncc3[nH]2)N2CCNCC2)cc1. The average molecular weight is 295 g/mol. The summed E-state index contributed by atoms with van der Waals surface area (Å²) < 4.78 is 0. The molecule has 3 aromatic rings. The van der Waals surface area contributed by atoms with E-state index in [1.165, 1.54) is 6.33 Å². The van der Waals surface area contributed by atoms with Crippen molar-refractivity contribution in [1.82, 2.24) is 30.3 Å². The van der Waals surface area contributed by atoms with Gasteiger partial charge >= 0.3 is 0 Å². The highest BCUT2D eigenvalue weighted by molar-refractivity contribution is 5.73. The molecule has 2 N–H and O–H groups in total. The van der Waals surface area contributed by atoms with Gasteiger partial charge in [0.2, 0.25) is 5.95 Å². The summed E-state index contributed by atoms with van der Waals surface area (Å²) in [6, 6.07) is 10.3. The van der Waals surface area contributed by atoms with Crippen molar-refractivity contribution in [2.24, 2.45) is 0 Å². The summed E-state index contributed by atoms with van der Waals surface area (Å²) in [4.78, 5) is 16.2. The minimum absolute atomic E-state index is 0.682. The summed E-state index contributed by atoms with van der Waals surface area (Å²) in [5.41, 5.74) is 2.60. The van der Waals surface area contributed by atoms with E-state index in [0.717, 1.165) is 43.3 Å². The molecule has 1 aliphatic rings. The molecule has 0 atom stereocenters. The fourth-order valence-corrected chi connectivity index (χ4v) is 2.69. The number of hydrazine groups is 1. The van der Waals surface area contributed by atoms with Crippen LogP contribution in [0.15, 0.2) is 42.9 Å². The van der Waals surface area contributed by atoms with Gasteiger partial charge in [0.15, 0.2) is 5.65 Å². The lowest BCUT2D eigenvalue weighted by Crippen LogP contribution is -2.51. The van der Waals surface area contributed by atoms with Gasteiger partial charge in [0.1, 0.15) is 11.8 Å². The third-order valence-corrected chi connectivity index (χ3v) is 3.73. The predicted octanol–water partition coefficient (Wildman–Crippen LogP) is 1.31. The van der Waals surface area contributed by atoms with Crippen LogP contribution >= 0.6 is 0 Å². The molecule has 0 saturated carbocycles. The molecule has 0 spiro atoms. The molecule has 4 rings (SSSR count). The second-order valence-electron chi connectivity index (χ2n) is 5.17. The van der Waals surface area contributed by atoms with E-state index >= 15 is 0 Å². The molecule has 112 valence electrons. The molecule has 0 aliphatic carbocycles. The number of hydrogen-bond donors (Lipinski definition) is 2. The van der Waals surface area contributed by atoms with Gasteiger partial charge in [0.25, 0.3) is 0 Å². The first kappa shape index (κ1) is 13.2. The van der Waals surface area contributed by atoms with Crippen molar-refractivity contribution in [2.45, 2.75) is 0 Å². The van der Waals surface area contributed by atoms with E-state index < -0.39 is 0 Å². The Labute approximate surface area is 128 Å². The van der Waals surface area contributed by atoms with Crippen molar-refractivity contribution in [3.63, 3.8) is 0 Å². The molecule has 7 heteroatoms. The molecular formula is C15H17N7. The summed E-state index contributed by atoms with van der Waals surface area (Å²) in [5, 5.41) is 7.79. The average Bonchev–Trinajstić information content (AvgIpc) is 3.00. The molecule has 1 aliphatic heterocycles. The van der Waals surface area contributed by atoms with Crippen molar-refractivity contribution in [2.75, 3.05) is 31.2 Å². The number of H-pyrrole nitrogens is 1. The lowest BCUT2D eigenvalue weighted by atomic mass is 10.3. The topological polar surface area (TPSA) is 73.0 Å². The van der Waals surface area contributed by atoms with Crippen LogP contribution in [0.5, 0.6) is 0 Å². The third kappa shape index (κ3) is 2.40. The summed E-state index contributed by atoms with van der Waals surface area (Å²) in [5.74, 6) is 0.767. The summed E-state index contributed by atoms with van der Waals surface area (Å²) in [6.45, 7) is 3.78. The molecule has 22 heavy (non-hydrogen) atoms. The molecule has 2 aromatic heterocycles. The number of benzene rings is 1. The lowest BCUT2D eigenvalue weighted by Gasteiger charge is -2.37. The van der Waals surface area contributed by atoms with Crippen molar-refractivity contribution in [3.8, 4) is 0 Å². The Kier molecular flexibility index (Phi) is 3.42.